The van der Waals surface area contributed by atoms with Crippen LogP contribution >= 0.6 is 0 Å². The van der Waals surface area contributed by atoms with E-state index in [1.807, 2.05) is 4.90 Å². The first-order valence-corrected chi connectivity index (χ1v) is 8.85. The van der Waals surface area contributed by atoms with Gasteiger partial charge in [0.25, 0.3) is 0 Å². The second-order valence-corrected chi connectivity index (χ2v) is 7.29. The molecule has 7 nitrogen and oxygen atoms in total. The smallest absolute Gasteiger partial charge is 0.227 e. The van der Waals surface area contributed by atoms with E-state index in [0.29, 0.717) is 18.4 Å². The van der Waals surface area contributed by atoms with E-state index in [1.54, 1.807) is 0 Å². The topological polar surface area (TPSA) is 75.1 Å². The summed E-state index contributed by atoms with van der Waals surface area (Å²) < 4.78 is 2.17. The van der Waals surface area contributed by atoms with Crippen molar-refractivity contribution in [2.75, 3.05) is 13.1 Å². The number of carbonyl (C=O) groups is 1. The summed E-state index contributed by atoms with van der Waals surface area (Å²) in [5.41, 5.74) is 6.60. The van der Waals surface area contributed by atoms with Crippen molar-refractivity contribution in [3.63, 3.8) is 0 Å². The van der Waals surface area contributed by atoms with Crippen LogP contribution in [-0.2, 0) is 24.3 Å². The van der Waals surface area contributed by atoms with E-state index >= 15 is 0 Å². The number of nitrogens with zero attached hydrogens (tertiary/aromatic N) is 4. The third-order valence-electron chi connectivity index (χ3n) is 5.71. The Labute approximate surface area is 136 Å². The van der Waals surface area contributed by atoms with Crippen LogP contribution in [0.25, 0.3) is 0 Å². The van der Waals surface area contributed by atoms with Gasteiger partial charge in [0.1, 0.15) is 5.82 Å². The van der Waals surface area contributed by atoms with Crippen LogP contribution in [0.3, 0.4) is 0 Å². The normalized spacial score (nSPS) is 33.4. The fourth-order valence-electron chi connectivity index (χ4n) is 4.56. The minimum Gasteiger partial charge on any atom is -0.333 e. The fraction of sp³-hybridized carbons (Fsp3) is 0.812. The Morgan fingerprint density at radius 3 is 3.00 bits per heavy atom. The van der Waals surface area contributed by atoms with Crippen LogP contribution in [0.15, 0.2) is 0 Å². The van der Waals surface area contributed by atoms with Crippen LogP contribution < -0.4 is 10.9 Å². The van der Waals surface area contributed by atoms with E-state index in [2.05, 4.69) is 39.5 Å². The maximum Gasteiger partial charge on any atom is 0.227 e. The Morgan fingerprint density at radius 2 is 2.17 bits per heavy atom. The standard InChI is InChI=1S/C16H26N6O/c1-3-13-18-19-14-9-21(4-5-22(13)14)16(23)12-7-10(2)6-11-8-17-20-15(11)12/h10-12,15,17,20H,3-9H2,1-2H3. The highest BCUT2D eigenvalue weighted by molar-refractivity contribution is 5.80. The number of fused-ring (bicyclic) bond motifs is 2. The lowest BCUT2D eigenvalue weighted by Crippen LogP contribution is -2.51. The first kappa shape index (κ1) is 15.1. The summed E-state index contributed by atoms with van der Waals surface area (Å²) in [4.78, 5) is 15.1. The molecule has 3 heterocycles. The molecule has 1 aromatic heterocycles. The van der Waals surface area contributed by atoms with E-state index in [-0.39, 0.29) is 17.9 Å². The Morgan fingerprint density at radius 1 is 1.30 bits per heavy atom. The molecule has 1 aliphatic carbocycles. The molecule has 3 aliphatic rings. The maximum atomic E-state index is 13.1. The Hall–Kier alpha value is -1.47. The van der Waals surface area contributed by atoms with Gasteiger partial charge < -0.3 is 9.47 Å². The molecule has 2 fully saturated rings. The minimum atomic E-state index is 0.0823. The number of aryl methyl sites for hydroxylation is 1. The van der Waals surface area contributed by atoms with Gasteiger partial charge in [-0.1, -0.05) is 13.8 Å². The van der Waals surface area contributed by atoms with Gasteiger partial charge in [0.15, 0.2) is 5.82 Å². The fourth-order valence-corrected chi connectivity index (χ4v) is 4.56. The van der Waals surface area contributed by atoms with Gasteiger partial charge in [0.05, 0.1) is 12.5 Å². The quantitative estimate of drug-likeness (QED) is 0.821. The SMILES string of the molecule is CCc1nnc2n1CCN(C(=O)C1CC(C)CC3CNNC31)C2. The third-order valence-corrected chi connectivity index (χ3v) is 5.71. The molecular formula is C16H26N6O. The van der Waals surface area contributed by atoms with Crippen molar-refractivity contribution in [1.29, 1.82) is 0 Å². The first-order valence-electron chi connectivity index (χ1n) is 8.85. The summed E-state index contributed by atoms with van der Waals surface area (Å²) in [5.74, 6) is 3.52. The summed E-state index contributed by atoms with van der Waals surface area (Å²) in [6, 6.07) is 0.282. The lowest BCUT2D eigenvalue weighted by atomic mass is 9.72. The molecule has 1 saturated heterocycles. The van der Waals surface area contributed by atoms with Gasteiger partial charge in [-0.15, -0.1) is 10.2 Å². The summed E-state index contributed by atoms with van der Waals surface area (Å²) in [7, 11) is 0. The van der Waals surface area contributed by atoms with Crippen LogP contribution in [0.5, 0.6) is 0 Å². The number of amides is 1. The number of hydrogen-bond donors (Lipinski definition) is 2. The van der Waals surface area contributed by atoms with Gasteiger partial charge in [-0.05, 0) is 24.7 Å². The Balaban J connectivity index is 1.51. The summed E-state index contributed by atoms with van der Waals surface area (Å²) in [5, 5.41) is 8.52. The number of nitrogens with one attached hydrogen (secondary N) is 2. The Bertz CT molecular complexity index is 599. The number of rotatable bonds is 2. The van der Waals surface area contributed by atoms with Crippen molar-refractivity contribution in [2.24, 2.45) is 17.8 Å². The maximum absolute atomic E-state index is 13.1. The largest absolute Gasteiger partial charge is 0.333 e. The molecular weight excluding hydrogens is 292 g/mol. The molecule has 0 bridgehead atoms. The second-order valence-electron chi connectivity index (χ2n) is 7.29. The number of hydrogen-bond acceptors (Lipinski definition) is 5. The van der Waals surface area contributed by atoms with Gasteiger partial charge in [0.2, 0.25) is 5.91 Å². The van der Waals surface area contributed by atoms with Crippen molar-refractivity contribution in [2.45, 2.75) is 52.2 Å². The average molecular weight is 318 g/mol. The lowest BCUT2D eigenvalue weighted by molar-refractivity contribution is -0.140. The zero-order chi connectivity index (χ0) is 16.0. The molecule has 0 radical (unpaired) electrons. The average Bonchev–Trinajstić information content (AvgIpc) is 3.18. The molecule has 2 aliphatic heterocycles. The van der Waals surface area contributed by atoms with Gasteiger partial charge in [-0.25, -0.2) is 0 Å². The van der Waals surface area contributed by atoms with Crippen LogP contribution in [-0.4, -0.2) is 44.7 Å². The predicted octanol–water partition coefficient (Wildman–Crippen LogP) is 0.321. The minimum absolute atomic E-state index is 0.0823. The van der Waals surface area contributed by atoms with E-state index < -0.39 is 0 Å². The molecule has 7 heteroatoms. The highest BCUT2D eigenvalue weighted by atomic mass is 16.2. The molecule has 4 atom stereocenters. The van der Waals surface area contributed by atoms with Crippen LogP contribution in [0.4, 0.5) is 0 Å². The third kappa shape index (κ3) is 2.55. The van der Waals surface area contributed by atoms with E-state index in [0.717, 1.165) is 44.1 Å². The Kier molecular flexibility index (Phi) is 3.85. The lowest BCUT2D eigenvalue weighted by Gasteiger charge is -2.39. The number of hydrazine groups is 1. The molecule has 0 spiro atoms. The van der Waals surface area contributed by atoms with Crippen LogP contribution in [0.2, 0.25) is 0 Å². The van der Waals surface area contributed by atoms with Gasteiger partial charge in [-0.3, -0.25) is 15.6 Å². The van der Waals surface area contributed by atoms with E-state index in [4.69, 9.17) is 0 Å². The molecule has 1 amide bonds. The van der Waals surface area contributed by atoms with Crippen molar-refractivity contribution >= 4 is 5.91 Å². The highest BCUT2D eigenvalue weighted by Gasteiger charge is 2.44. The van der Waals surface area contributed by atoms with Crippen molar-refractivity contribution in [3.8, 4) is 0 Å². The van der Waals surface area contributed by atoms with Gasteiger partial charge in [0, 0.05) is 32.1 Å². The highest BCUT2D eigenvalue weighted by Crippen LogP contribution is 2.36. The molecule has 0 aromatic carbocycles. The summed E-state index contributed by atoms with van der Waals surface area (Å²) in [6.07, 6.45) is 3.08. The number of carbonyl (C=O) groups excluding carboxylic acids is 1. The van der Waals surface area contributed by atoms with Crippen LogP contribution in [0.1, 0.15) is 38.3 Å². The first-order chi connectivity index (χ1) is 11.2. The molecule has 2 N–H and O–H groups in total. The molecule has 4 rings (SSSR count). The van der Waals surface area contributed by atoms with Crippen molar-refractivity contribution in [1.82, 2.24) is 30.5 Å². The van der Waals surface area contributed by atoms with Gasteiger partial charge >= 0.3 is 0 Å². The van der Waals surface area contributed by atoms with E-state index in [9.17, 15) is 4.79 Å². The molecule has 126 valence electrons. The van der Waals surface area contributed by atoms with Crippen LogP contribution in [0, 0.1) is 17.8 Å². The summed E-state index contributed by atoms with van der Waals surface area (Å²) in [6.45, 7) is 7.53. The van der Waals surface area contributed by atoms with E-state index in [1.165, 1.54) is 6.42 Å². The summed E-state index contributed by atoms with van der Waals surface area (Å²) >= 11 is 0. The van der Waals surface area contributed by atoms with Crippen molar-refractivity contribution in [3.05, 3.63) is 11.6 Å². The second kappa shape index (κ2) is 5.87. The zero-order valence-electron chi connectivity index (χ0n) is 14.0. The molecule has 1 saturated carbocycles. The monoisotopic (exact) mass is 318 g/mol. The van der Waals surface area contributed by atoms with Gasteiger partial charge in [-0.2, -0.15) is 0 Å². The molecule has 23 heavy (non-hydrogen) atoms. The molecule has 1 aromatic rings. The van der Waals surface area contributed by atoms with Crippen molar-refractivity contribution < 1.29 is 4.79 Å². The predicted molar refractivity (Wildman–Crippen MR) is 85.1 cm³/mol. The number of aromatic nitrogens is 3. The molecule has 4 unspecified atom stereocenters. The zero-order valence-corrected chi connectivity index (χ0v) is 14.0.